The van der Waals surface area contributed by atoms with E-state index in [9.17, 15) is 9.59 Å². The number of unbranched alkanes of at least 4 members (excludes halogenated alkanes) is 3. The minimum Gasteiger partial charge on any atom is -0.494 e. The second-order valence-electron chi connectivity index (χ2n) is 9.05. The molecule has 0 bridgehead atoms. The maximum absolute atomic E-state index is 12.5. The van der Waals surface area contributed by atoms with E-state index in [4.69, 9.17) is 18.9 Å². The van der Waals surface area contributed by atoms with E-state index in [1.165, 1.54) is 12.8 Å². The number of esters is 1. The number of ether oxygens (including phenoxy) is 4. The minimum atomic E-state index is -0.705. The van der Waals surface area contributed by atoms with Crippen molar-refractivity contribution in [3.8, 4) is 28.4 Å². The van der Waals surface area contributed by atoms with Crippen LogP contribution in [0.3, 0.4) is 0 Å². The lowest BCUT2D eigenvalue weighted by Gasteiger charge is -2.10. The zero-order valence-electron chi connectivity index (χ0n) is 21.9. The molecular weight excluding hydrogens is 468 g/mol. The van der Waals surface area contributed by atoms with Gasteiger partial charge < -0.3 is 18.9 Å². The summed E-state index contributed by atoms with van der Waals surface area (Å²) in [5.41, 5.74) is 2.33. The molecule has 1 unspecified atom stereocenters. The van der Waals surface area contributed by atoms with Crippen LogP contribution < -0.4 is 14.2 Å². The highest BCUT2D eigenvalue weighted by molar-refractivity contribution is 5.91. The summed E-state index contributed by atoms with van der Waals surface area (Å²) in [4.78, 5) is 24.3. The maximum atomic E-state index is 12.5. The van der Waals surface area contributed by atoms with E-state index in [-0.39, 0.29) is 0 Å². The summed E-state index contributed by atoms with van der Waals surface area (Å²) in [5.74, 6) is 1.48. The van der Waals surface area contributed by atoms with Crippen LogP contribution in [-0.4, -0.2) is 25.3 Å². The molecule has 1 atom stereocenters. The average Bonchev–Trinajstić information content (AvgIpc) is 2.93. The number of carbonyl (C=O) groups is 2. The van der Waals surface area contributed by atoms with Crippen LogP contribution in [0, 0.1) is 5.92 Å². The highest BCUT2D eigenvalue weighted by atomic mass is 16.7. The number of rotatable bonds is 13. The van der Waals surface area contributed by atoms with E-state index in [0.717, 1.165) is 36.1 Å². The molecule has 0 saturated heterocycles. The molecule has 0 N–H and O–H groups in total. The minimum absolute atomic E-state index is 0.294. The molecule has 0 amide bonds. The normalized spacial score (nSPS) is 11.4. The van der Waals surface area contributed by atoms with Gasteiger partial charge in [-0.3, -0.25) is 0 Å². The van der Waals surface area contributed by atoms with Gasteiger partial charge in [0.2, 0.25) is 0 Å². The van der Waals surface area contributed by atoms with Crippen molar-refractivity contribution in [3.63, 3.8) is 0 Å². The fourth-order valence-electron chi connectivity index (χ4n) is 3.46. The molecule has 0 fully saturated rings. The first-order valence-electron chi connectivity index (χ1n) is 13.0. The van der Waals surface area contributed by atoms with Gasteiger partial charge in [-0.25, -0.2) is 9.59 Å². The molecule has 196 valence electrons. The van der Waals surface area contributed by atoms with E-state index >= 15 is 0 Å². The van der Waals surface area contributed by atoms with Gasteiger partial charge in [-0.05, 0) is 72.0 Å². The van der Waals surface area contributed by atoms with E-state index in [2.05, 4.69) is 6.92 Å². The van der Waals surface area contributed by atoms with Crippen LogP contribution in [0.25, 0.3) is 11.1 Å². The van der Waals surface area contributed by atoms with Crippen molar-refractivity contribution < 1.29 is 28.5 Å². The van der Waals surface area contributed by atoms with Crippen LogP contribution in [0.1, 0.15) is 63.2 Å². The molecule has 3 aromatic carbocycles. The Bertz CT molecular complexity index is 1100. The first-order chi connectivity index (χ1) is 18.0. The maximum Gasteiger partial charge on any atom is 0.513 e. The van der Waals surface area contributed by atoms with Crippen molar-refractivity contribution in [1.82, 2.24) is 0 Å². The Morgan fingerprint density at radius 2 is 1.27 bits per heavy atom. The van der Waals surface area contributed by atoms with Gasteiger partial charge in [0.05, 0.1) is 18.8 Å². The van der Waals surface area contributed by atoms with Crippen LogP contribution in [0.2, 0.25) is 0 Å². The number of hydrogen-bond acceptors (Lipinski definition) is 6. The molecule has 3 rings (SSSR count). The standard InChI is InChI=1S/C31H36O6/c1-4-6-7-8-21-34-27-15-13-26(14-16-27)30(32)36-28-17-9-24(10-18-28)25-11-19-29(20-12-25)37-31(33)35-22-23(3)5-2/h9-20,23H,4-8,21-22H2,1-3H3. The van der Waals surface area contributed by atoms with E-state index in [1.54, 1.807) is 48.5 Å². The lowest BCUT2D eigenvalue weighted by molar-refractivity contribution is 0.0734. The summed E-state index contributed by atoms with van der Waals surface area (Å²) >= 11 is 0. The van der Waals surface area contributed by atoms with E-state index in [1.807, 2.05) is 38.1 Å². The number of hydrogen-bond donors (Lipinski definition) is 0. The first-order valence-corrected chi connectivity index (χ1v) is 13.0. The smallest absolute Gasteiger partial charge is 0.494 e. The third-order valence-electron chi connectivity index (χ3n) is 5.99. The van der Waals surface area contributed by atoms with Gasteiger partial charge in [-0.15, -0.1) is 0 Å². The molecule has 0 radical (unpaired) electrons. The molecule has 0 aromatic heterocycles. The van der Waals surface area contributed by atoms with E-state index < -0.39 is 12.1 Å². The van der Waals surface area contributed by atoms with Crippen molar-refractivity contribution in [2.24, 2.45) is 5.92 Å². The highest BCUT2D eigenvalue weighted by Crippen LogP contribution is 2.25. The second-order valence-corrected chi connectivity index (χ2v) is 9.05. The average molecular weight is 505 g/mol. The van der Waals surface area contributed by atoms with Crippen molar-refractivity contribution in [2.75, 3.05) is 13.2 Å². The Balaban J connectivity index is 1.49. The predicted octanol–water partition coefficient (Wildman–Crippen LogP) is 8.09. The summed E-state index contributed by atoms with van der Waals surface area (Å²) in [6.45, 7) is 7.25. The van der Waals surface area contributed by atoms with Crippen molar-refractivity contribution in [2.45, 2.75) is 52.9 Å². The molecular formula is C31H36O6. The van der Waals surface area contributed by atoms with Crippen LogP contribution in [-0.2, 0) is 4.74 Å². The van der Waals surface area contributed by atoms with Crippen LogP contribution >= 0.6 is 0 Å². The van der Waals surface area contributed by atoms with Gasteiger partial charge in [-0.1, -0.05) is 70.7 Å². The summed E-state index contributed by atoms with van der Waals surface area (Å²) < 4.78 is 21.6. The molecule has 0 aliphatic heterocycles. The van der Waals surface area contributed by atoms with Gasteiger partial charge in [0.15, 0.2) is 0 Å². The largest absolute Gasteiger partial charge is 0.513 e. The fraction of sp³-hybridized carbons (Fsp3) is 0.355. The second kappa shape index (κ2) is 14.7. The van der Waals surface area contributed by atoms with Crippen LogP contribution in [0.15, 0.2) is 72.8 Å². The monoisotopic (exact) mass is 504 g/mol. The molecule has 37 heavy (non-hydrogen) atoms. The molecule has 0 aliphatic carbocycles. The number of benzene rings is 3. The van der Waals surface area contributed by atoms with Crippen molar-refractivity contribution in [1.29, 1.82) is 0 Å². The quantitative estimate of drug-likeness (QED) is 0.101. The van der Waals surface area contributed by atoms with Crippen LogP contribution in [0.5, 0.6) is 17.2 Å². The zero-order valence-corrected chi connectivity index (χ0v) is 21.9. The van der Waals surface area contributed by atoms with E-state index in [0.29, 0.717) is 36.2 Å². The summed E-state index contributed by atoms with van der Waals surface area (Å²) in [6.07, 6.45) is 4.83. The Kier molecular flexibility index (Phi) is 11.0. The molecule has 0 heterocycles. The highest BCUT2D eigenvalue weighted by Gasteiger charge is 2.11. The topological polar surface area (TPSA) is 71.1 Å². The molecule has 6 nitrogen and oxygen atoms in total. The zero-order chi connectivity index (χ0) is 26.5. The third kappa shape index (κ3) is 9.30. The molecule has 0 aliphatic rings. The predicted molar refractivity (Wildman–Crippen MR) is 144 cm³/mol. The lowest BCUT2D eigenvalue weighted by atomic mass is 10.1. The fourth-order valence-corrected chi connectivity index (χ4v) is 3.46. The molecule has 0 spiro atoms. The third-order valence-corrected chi connectivity index (χ3v) is 5.99. The summed E-state index contributed by atoms with van der Waals surface area (Å²) in [6, 6.07) is 21.4. The van der Waals surface area contributed by atoms with Gasteiger partial charge >= 0.3 is 12.1 Å². The Labute approximate surface area is 219 Å². The Morgan fingerprint density at radius 1 is 0.703 bits per heavy atom. The SMILES string of the molecule is CCCCCCOc1ccc(C(=O)Oc2ccc(-c3ccc(OC(=O)OCC(C)CC)cc3)cc2)cc1. The molecule has 3 aromatic rings. The lowest BCUT2D eigenvalue weighted by Crippen LogP contribution is -2.15. The van der Waals surface area contributed by atoms with Gasteiger partial charge in [-0.2, -0.15) is 0 Å². The van der Waals surface area contributed by atoms with Crippen LogP contribution in [0.4, 0.5) is 4.79 Å². The Morgan fingerprint density at radius 3 is 1.84 bits per heavy atom. The first kappa shape index (κ1) is 27.8. The Hall–Kier alpha value is -3.80. The van der Waals surface area contributed by atoms with Gasteiger partial charge in [0.1, 0.15) is 17.2 Å². The van der Waals surface area contributed by atoms with Crippen molar-refractivity contribution in [3.05, 3.63) is 78.4 Å². The van der Waals surface area contributed by atoms with Gasteiger partial charge in [0, 0.05) is 0 Å². The summed E-state index contributed by atoms with van der Waals surface area (Å²) in [7, 11) is 0. The number of carbonyl (C=O) groups excluding carboxylic acids is 2. The van der Waals surface area contributed by atoms with Gasteiger partial charge in [0.25, 0.3) is 0 Å². The van der Waals surface area contributed by atoms with Crippen molar-refractivity contribution >= 4 is 12.1 Å². The molecule has 0 saturated carbocycles. The summed E-state index contributed by atoms with van der Waals surface area (Å²) in [5, 5.41) is 0. The molecule has 6 heteroatoms.